The first kappa shape index (κ1) is 16.5. The van der Waals surface area contributed by atoms with Crippen LogP contribution in [0.4, 0.5) is 5.69 Å². The predicted octanol–water partition coefficient (Wildman–Crippen LogP) is 2.87. The molecule has 1 amide bonds. The van der Waals surface area contributed by atoms with Gasteiger partial charge in [0.15, 0.2) is 0 Å². The lowest BCUT2D eigenvalue weighted by atomic mass is 10.3. The number of hydrogen-bond acceptors (Lipinski definition) is 4. The highest BCUT2D eigenvalue weighted by Gasteiger charge is 2.30. The molecule has 0 aromatic heterocycles. The number of carbonyl (C=O) groups excluding carboxylic acids is 3. The summed E-state index contributed by atoms with van der Waals surface area (Å²) >= 11 is 14.9. The number of amides is 1. The molecule has 18 heavy (non-hydrogen) atoms. The molecule has 94 valence electrons. The number of para-hydroxylation sites is 1. The van der Waals surface area contributed by atoms with E-state index in [1.54, 1.807) is 12.1 Å². The second kappa shape index (κ2) is 8.59. The van der Waals surface area contributed by atoms with Crippen LogP contribution in [0.1, 0.15) is 0 Å². The van der Waals surface area contributed by atoms with Gasteiger partial charge >= 0.3 is 5.91 Å². The Balaban J connectivity index is 0.000000321. The van der Waals surface area contributed by atoms with Crippen LogP contribution >= 0.6 is 34.8 Å². The maximum atomic E-state index is 10.2. The van der Waals surface area contributed by atoms with E-state index in [0.29, 0.717) is 5.69 Å². The third-order valence-corrected chi connectivity index (χ3v) is 1.81. The molecule has 1 aromatic carbocycles. The molecule has 1 rings (SSSR count). The van der Waals surface area contributed by atoms with Crippen molar-refractivity contribution in [1.29, 1.82) is 0 Å². The minimum atomic E-state index is -2.14. The van der Waals surface area contributed by atoms with Gasteiger partial charge in [0, 0.05) is 0 Å². The molecule has 5 nitrogen and oxygen atoms in total. The van der Waals surface area contributed by atoms with Crippen LogP contribution in [-0.2, 0) is 14.4 Å². The lowest BCUT2D eigenvalue weighted by molar-refractivity contribution is -0.116. The monoisotopic (exact) mass is 306 g/mol. The molecule has 0 saturated carbocycles. The Morgan fingerprint density at radius 3 is 1.94 bits per heavy atom. The second-order valence-corrected chi connectivity index (χ2v) is 4.83. The maximum absolute atomic E-state index is 10.2. The van der Waals surface area contributed by atoms with E-state index in [-0.39, 0.29) is 0 Å². The summed E-state index contributed by atoms with van der Waals surface area (Å²) in [6, 6.07) is 8.98. The molecular formula is C10H5Cl3N2O3. The van der Waals surface area contributed by atoms with E-state index in [4.69, 9.17) is 34.8 Å². The molecule has 0 fully saturated rings. The van der Waals surface area contributed by atoms with Gasteiger partial charge in [0.2, 0.25) is 12.2 Å². The summed E-state index contributed by atoms with van der Waals surface area (Å²) in [5, 5.41) is 0. The van der Waals surface area contributed by atoms with E-state index in [9.17, 15) is 14.4 Å². The third-order valence-electron chi connectivity index (χ3n) is 1.32. The first-order valence-corrected chi connectivity index (χ1v) is 5.37. The number of aliphatic imine (C=N–C) groups is 2. The van der Waals surface area contributed by atoms with E-state index in [1.165, 1.54) is 6.08 Å². The summed E-state index contributed by atoms with van der Waals surface area (Å²) < 4.78 is -2.14. The minimum absolute atomic E-state index is 0.646. The van der Waals surface area contributed by atoms with Gasteiger partial charge in [-0.3, -0.25) is 4.79 Å². The number of hydrogen-bond donors (Lipinski definition) is 0. The van der Waals surface area contributed by atoms with E-state index >= 15 is 0 Å². The van der Waals surface area contributed by atoms with E-state index in [0.717, 1.165) is 6.08 Å². The highest BCUT2D eigenvalue weighted by atomic mass is 35.6. The summed E-state index contributed by atoms with van der Waals surface area (Å²) in [4.78, 5) is 35.3. The van der Waals surface area contributed by atoms with Crippen molar-refractivity contribution < 1.29 is 14.4 Å². The Morgan fingerprint density at radius 2 is 1.61 bits per heavy atom. The number of nitrogens with zero attached hydrogens (tertiary/aromatic N) is 2. The molecule has 0 unspecified atom stereocenters. The quantitative estimate of drug-likeness (QED) is 0.455. The van der Waals surface area contributed by atoms with E-state index in [2.05, 4.69) is 9.98 Å². The van der Waals surface area contributed by atoms with Gasteiger partial charge in [-0.1, -0.05) is 53.0 Å². The normalized spacial score (nSPS) is 9.06. The number of benzene rings is 1. The summed E-state index contributed by atoms with van der Waals surface area (Å²) in [7, 11) is 0. The molecule has 0 N–H and O–H groups in total. The van der Waals surface area contributed by atoms with Gasteiger partial charge in [0.25, 0.3) is 3.79 Å². The van der Waals surface area contributed by atoms with Crippen molar-refractivity contribution in [2.75, 3.05) is 0 Å². The van der Waals surface area contributed by atoms with Crippen LogP contribution in [-0.4, -0.2) is 21.9 Å². The number of alkyl halides is 3. The smallest absolute Gasteiger partial charge is 0.267 e. The van der Waals surface area contributed by atoms with Crippen LogP contribution in [0.2, 0.25) is 0 Å². The maximum Gasteiger partial charge on any atom is 0.308 e. The Bertz CT molecular complexity index is 487. The largest absolute Gasteiger partial charge is 0.308 e. The molecular weight excluding hydrogens is 302 g/mol. The van der Waals surface area contributed by atoms with Crippen molar-refractivity contribution in [3.05, 3.63) is 30.3 Å². The fraction of sp³-hybridized carbons (Fsp3) is 0.100. The molecule has 8 heteroatoms. The van der Waals surface area contributed by atoms with Gasteiger partial charge in [-0.25, -0.2) is 9.59 Å². The van der Waals surface area contributed by atoms with Gasteiger partial charge in [0.05, 0.1) is 5.69 Å². The molecule has 1 aromatic rings. The topological polar surface area (TPSA) is 75.9 Å². The summed E-state index contributed by atoms with van der Waals surface area (Å²) in [6.07, 6.45) is 2.41. The average molecular weight is 308 g/mol. The van der Waals surface area contributed by atoms with Crippen LogP contribution in [0.15, 0.2) is 40.3 Å². The fourth-order valence-electron chi connectivity index (χ4n) is 0.660. The summed E-state index contributed by atoms with van der Waals surface area (Å²) in [6.45, 7) is 0. The lowest BCUT2D eigenvalue weighted by Gasteiger charge is -2.00. The molecule has 0 saturated heterocycles. The zero-order chi connectivity index (χ0) is 14.0. The zero-order valence-electron chi connectivity index (χ0n) is 8.64. The van der Waals surface area contributed by atoms with E-state index < -0.39 is 9.70 Å². The van der Waals surface area contributed by atoms with Crippen LogP contribution in [0.25, 0.3) is 0 Å². The number of isocyanates is 2. The zero-order valence-corrected chi connectivity index (χ0v) is 10.9. The number of carbonyl (C=O) groups is 1. The third kappa shape index (κ3) is 7.74. The molecule has 0 heterocycles. The molecule has 0 atom stereocenters. The average Bonchev–Trinajstić information content (AvgIpc) is 2.31. The van der Waals surface area contributed by atoms with Crippen LogP contribution in [0.5, 0.6) is 0 Å². The summed E-state index contributed by atoms with van der Waals surface area (Å²) in [5.41, 5.74) is 0.646. The van der Waals surface area contributed by atoms with Gasteiger partial charge in [-0.2, -0.15) is 4.99 Å². The second-order valence-electron chi connectivity index (χ2n) is 2.54. The van der Waals surface area contributed by atoms with Crippen molar-refractivity contribution in [2.24, 2.45) is 9.98 Å². The standard InChI is InChI=1S/C7H5NO.C3Cl3NO2/c9-6-8-7-4-2-1-3-5-7;4-3(5,6)2(9)7-1-8/h1-5H;. The van der Waals surface area contributed by atoms with Crippen LogP contribution < -0.4 is 0 Å². The van der Waals surface area contributed by atoms with Crippen molar-refractivity contribution in [3.8, 4) is 0 Å². The van der Waals surface area contributed by atoms with Gasteiger partial charge < -0.3 is 0 Å². The fourth-order valence-corrected chi connectivity index (χ4v) is 0.787. The van der Waals surface area contributed by atoms with Gasteiger partial charge in [-0.15, -0.1) is 4.99 Å². The number of rotatable bonds is 1. The number of halogens is 3. The van der Waals surface area contributed by atoms with Crippen molar-refractivity contribution in [2.45, 2.75) is 3.79 Å². The Morgan fingerprint density at radius 1 is 1.06 bits per heavy atom. The van der Waals surface area contributed by atoms with Crippen molar-refractivity contribution in [3.63, 3.8) is 0 Å². The van der Waals surface area contributed by atoms with Gasteiger partial charge in [-0.05, 0) is 12.1 Å². The lowest BCUT2D eigenvalue weighted by Crippen LogP contribution is -2.15. The first-order valence-electron chi connectivity index (χ1n) is 4.23. The first-order chi connectivity index (χ1) is 8.41. The highest BCUT2D eigenvalue weighted by Crippen LogP contribution is 2.26. The Kier molecular flexibility index (Phi) is 7.88. The minimum Gasteiger partial charge on any atom is -0.267 e. The molecule has 0 radical (unpaired) electrons. The highest BCUT2D eigenvalue weighted by molar-refractivity contribution is 6.76. The van der Waals surface area contributed by atoms with Gasteiger partial charge in [0.1, 0.15) is 0 Å². The van der Waals surface area contributed by atoms with Crippen molar-refractivity contribution >= 4 is 58.6 Å². The van der Waals surface area contributed by atoms with Crippen LogP contribution in [0, 0.1) is 0 Å². The predicted molar refractivity (Wildman–Crippen MR) is 67.6 cm³/mol. The van der Waals surface area contributed by atoms with Crippen molar-refractivity contribution in [1.82, 2.24) is 0 Å². The van der Waals surface area contributed by atoms with Crippen LogP contribution in [0.3, 0.4) is 0 Å². The molecule has 0 aliphatic rings. The summed E-state index contributed by atoms with van der Waals surface area (Å²) in [5.74, 6) is -1.14. The molecule has 0 aliphatic heterocycles. The SMILES string of the molecule is O=C=NC(=O)C(Cl)(Cl)Cl.O=C=Nc1ccccc1. The van der Waals surface area contributed by atoms with E-state index in [1.807, 2.05) is 18.2 Å². The molecule has 0 spiro atoms. The molecule has 0 bridgehead atoms. The Labute approximate surface area is 117 Å². The Hall–Kier alpha value is -1.48. The molecule has 0 aliphatic carbocycles.